The van der Waals surface area contributed by atoms with E-state index in [0.717, 1.165) is 5.56 Å². The van der Waals surface area contributed by atoms with E-state index < -0.39 is 22.3 Å². The smallest absolute Gasteiger partial charge is 0.346 e. The SMILES string of the molecule is O=[N+]([O-])C(Br)(CO)C(O)OCCc1ccccc1. The molecule has 0 aromatic heterocycles. The van der Waals surface area contributed by atoms with Crippen LogP contribution in [0, 0.1) is 10.1 Å². The van der Waals surface area contributed by atoms with E-state index in [1.54, 1.807) is 0 Å². The fourth-order valence-corrected chi connectivity index (χ4v) is 1.42. The number of hydrogen-bond acceptors (Lipinski definition) is 5. The van der Waals surface area contributed by atoms with Gasteiger partial charge in [-0.05, 0) is 12.0 Å². The third kappa shape index (κ3) is 3.74. The van der Waals surface area contributed by atoms with Gasteiger partial charge >= 0.3 is 4.45 Å². The molecule has 7 heteroatoms. The van der Waals surface area contributed by atoms with Gasteiger partial charge in [0.1, 0.15) is 6.61 Å². The van der Waals surface area contributed by atoms with Gasteiger partial charge in [0, 0.05) is 20.9 Å². The first kappa shape index (κ1) is 15.0. The van der Waals surface area contributed by atoms with Crippen LogP contribution in [-0.2, 0) is 11.2 Å². The largest absolute Gasteiger partial charge is 0.388 e. The molecule has 2 N–H and O–H groups in total. The maximum Gasteiger partial charge on any atom is 0.346 e. The van der Waals surface area contributed by atoms with Gasteiger partial charge in [0.05, 0.1) is 6.61 Å². The lowest BCUT2D eigenvalue weighted by Gasteiger charge is -2.22. The highest BCUT2D eigenvalue weighted by molar-refractivity contribution is 9.10. The second-order valence-electron chi connectivity index (χ2n) is 3.69. The molecule has 2 atom stereocenters. The van der Waals surface area contributed by atoms with E-state index in [1.165, 1.54) is 0 Å². The minimum absolute atomic E-state index is 0.117. The molecule has 0 saturated heterocycles. The molecule has 0 radical (unpaired) electrons. The lowest BCUT2D eigenvalue weighted by Crippen LogP contribution is -2.48. The molecule has 100 valence electrons. The maximum absolute atomic E-state index is 10.7. The molecule has 0 aliphatic heterocycles. The Bertz CT molecular complexity index is 388. The average molecular weight is 320 g/mol. The van der Waals surface area contributed by atoms with Crippen LogP contribution >= 0.6 is 15.9 Å². The van der Waals surface area contributed by atoms with E-state index in [4.69, 9.17) is 9.84 Å². The summed E-state index contributed by atoms with van der Waals surface area (Å²) in [6.07, 6.45) is -1.20. The Kier molecular flexibility index (Phi) is 5.67. The second-order valence-corrected chi connectivity index (χ2v) is 5.07. The van der Waals surface area contributed by atoms with Gasteiger partial charge in [-0.15, -0.1) is 0 Å². The third-order valence-electron chi connectivity index (χ3n) is 2.41. The van der Waals surface area contributed by atoms with Crippen molar-refractivity contribution >= 4 is 15.9 Å². The molecule has 0 amide bonds. The number of ether oxygens (including phenoxy) is 1. The topological polar surface area (TPSA) is 92.8 Å². The number of rotatable bonds is 7. The average Bonchev–Trinajstić information content (AvgIpc) is 2.38. The van der Waals surface area contributed by atoms with Crippen LogP contribution in [0.4, 0.5) is 0 Å². The van der Waals surface area contributed by atoms with Gasteiger partial charge in [0.15, 0.2) is 0 Å². The number of hydrogen-bond donors (Lipinski definition) is 2. The summed E-state index contributed by atoms with van der Waals surface area (Å²) in [5, 5.41) is 29.1. The first-order valence-corrected chi connectivity index (χ1v) is 6.08. The molecular weight excluding hydrogens is 306 g/mol. The molecule has 1 aromatic rings. The predicted octanol–water partition coefficient (Wildman–Crippen LogP) is 0.924. The minimum atomic E-state index is -2.08. The van der Waals surface area contributed by atoms with Gasteiger partial charge in [-0.25, -0.2) is 0 Å². The van der Waals surface area contributed by atoms with Crippen molar-refractivity contribution in [1.29, 1.82) is 0 Å². The summed E-state index contributed by atoms with van der Waals surface area (Å²) in [5.41, 5.74) is 0.995. The van der Waals surface area contributed by atoms with Crippen molar-refractivity contribution in [2.45, 2.75) is 17.2 Å². The van der Waals surface area contributed by atoms with E-state index in [1.807, 2.05) is 30.3 Å². The van der Waals surface area contributed by atoms with E-state index in [0.29, 0.717) is 6.42 Å². The standard InChI is InChI=1S/C11H14BrNO5/c12-11(8-14,13(16)17)10(15)18-7-6-9-4-2-1-3-5-9/h1-5,10,14-15H,6-8H2. The highest BCUT2D eigenvalue weighted by Crippen LogP contribution is 2.23. The molecule has 0 heterocycles. The van der Waals surface area contributed by atoms with Crippen LogP contribution in [0.5, 0.6) is 0 Å². The Morgan fingerprint density at radius 2 is 2.06 bits per heavy atom. The number of alkyl halides is 1. The van der Waals surface area contributed by atoms with Gasteiger partial charge in [-0.3, -0.25) is 10.1 Å². The van der Waals surface area contributed by atoms with Gasteiger partial charge in [0.25, 0.3) is 0 Å². The lowest BCUT2D eigenvalue weighted by atomic mass is 10.2. The van der Waals surface area contributed by atoms with Gasteiger partial charge in [0.2, 0.25) is 6.29 Å². The Labute approximate surface area is 112 Å². The quantitative estimate of drug-likeness (QED) is 0.256. The molecule has 0 spiro atoms. The molecular formula is C11H14BrNO5. The van der Waals surface area contributed by atoms with Crippen LogP contribution < -0.4 is 0 Å². The first-order valence-electron chi connectivity index (χ1n) is 5.28. The van der Waals surface area contributed by atoms with E-state index in [2.05, 4.69) is 15.9 Å². The fraction of sp³-hybridized carbons (Fsp3) is 0.455. The first-order chi connectivity index (χ1) is 8.50. The van der Waals surface area contributed by atoms with Gasteiger partial charge in [-0.2, -0.15) is 0 Å². The molecule has 1 rings (SSSR count). The summed E-state index contributed by atoms with van der Waals surface area (Å²) in [6.45, 7) is -0.751. The predicted molar refractivity (Wildman–Crippen MR) is 67.8 cm³/mol. The summed E-state index contributed by atoms with van der Waals surface area (Å²) in [6, 6.07) is 9.38. The number of benzene rings is 1. The zero-order valence-electron chi connectivity index (χ0n) is 9.53. The lowest BCUT2D eigenvalue weighted by molar-refractivity contribution is -0.564. The minimum Gasteiger partial charge on any atom is -0.388 e. The molecule has 0 bridgehead atoms. The molecule has 2 unspecified atom stereocenters. The summed E-state index contributed by atoms with van der Waals surface area (Å²) in [5.74, 6) is 0. The van der Waals surface area contributed by atoms with Crippen molar-refractivity contribution in [2.24, 2.45) is 0 Å². The number of halogens is 1. The monoisotopic (exact) mass is 319 g/mol. The summed E-state index contributed by atoms with van der Waals surface area (Å²) in [7, 11) is 0. The fourth-order valence-electron chi connectivity index (χ4n) is 1.29. The zero-order chi connectivity index (χ0) is 13.6. The summed E-state index contributed by atoms with van der Waals surface area (Å²) in [4.78, 5) is 9.87. The van der Waals surface area contributed by atoms with Crippen LogP contribution in [0.3, 0.4) is 0 Å². The van der Waals surface area contributed by atoms with E-state index in [-0.39, 0.29) is 6.61 Å². The highest BCUT2D eigenvalue weighted by atomic mass is 79.9. The van der Waals surface area contributed by atoms with Crippen molar-refractivity contribution in [1.82, 2.24) is 0 Å². The highest BCUT2D eigenvalue weighted by Gasteiger charge is 2.48. The number of nitro groups is 1. The number of aliphatic hydroxyl groups excluding tert-OH is 2. The molecule has 0 saturated carbocycles. The number of nitrogens with zero attached hydrogens (tertiary/aromatic N) is 1. The number of aliphatic hydroxyl groups is 2. The van der Waals surface area contributed by atoms with Crippen LogP contribution in [0.2, 0.25) is 0 Å². The van der Waals surface area contributed by atoms with Gasteiger partial charge < -0.3 is 14.9 Å². The van der Waals surface area contributed by atoms with Crippen LogP contribution in [0.1, 0.15) is 5.56 Å². The van der Waals surface area contributed by atoms with Gasteiger partial charge in [-0.1, -0.05) is 30.3 Å². The Morgan fingerprint density at radius 1 is 1.44 bits per heavy atom. The zero-order valence-corrected chi connectivity index (χ0v) is 11.1. The Balaban J connectivity index is 2.46. The maximum atomic E-state index is 10.7. The van der Waals surface area contributed by atoms with Crippen molar-refractivity contribution in [3.63, 3.8) is 0 Å². The molecule has 0 aliphatic rings. The van der Waals surface area contributed by atoms with Crippen molar-refractivity contribution < 1.29 is 19.9 Å². The summed E-state index contributed by atoms with van der Waals surface area (Å²) >= 11 is 2.68. The van der Waals surface area contributed by atoms with Crippen molar-refractivity contribution in [2.75, 3.05) is 13.2 Å². The van der Waals surface area contributed by atoms with Crippen LogP contribution in [-0.4, -0.2) is 39.1 Å². The Morgan fingerprint density at radius 3 is 2.56 bits per heavy atom. The van der Waals surface area contributed by atoms with Crippen molar-refractivity contribution in [3.05, 3.63) is 46.0 Å². The van der Waals surface area contributed by atoms with Crippen molar-refractivity contribution in [3.8, 4) is 0 Å². The third-order valence-corrected chi connectivity index (χ3v) is 3.34. The van der Waals surface area contributed by atoms with E-state index >= 15 is 0 Å². The second kappa shape index (κ2) is 6.79. The molecule has 0 fully saturated rings. The van der Waals surface area contributed by atoms with Crippen LogP contribution in [0.25, 0.3) is 0 Å². The van der Waals surface area contributed by atoms with Crippen LogP contribution in [0.15, 0.2) is 30.3 Å². The molecule has 1 aromatic carbocycles. The van der Waals surface area contributed by atoms with E-state index in [9.17, 15) is 15.2 Å². The molecule has 0 aliphatic carbocycles. The summed E-state index contributed by atoms with van der Waals surface area (Å²) < 4.78 is 2.89. The molecule has 6 nitrogen and oxygen atoms in total. The molecule has 18 heavy (non-hydrogen) atoms. The Hall–Kier alpha value is -1.02. The normalized spacial score (nSPS) is 15.9.